The van der Waals surface area contributed by atoms with E-state index in [-0.39, 0.29) is 37.0 Å². The molecule has 2 aliphatic heterocycles. The first kappa shape index (κ1) is 115. The number of aliphatic hydroxyl groups is 2. The summed E-state index contributed by atoms with van der Waals surface area (Å²) in [5.41, 5.74) is -4.23. The van der Waals surface area contributed by atoms with Crippen molar-refractivity contribution >= 4 is 5.97 Å². The van der Waals surface area contributed by atoms with Crippen molar-refractivity contribution in [2.45, 2.75) is 635 Å². The van der Waals surface area contributed by atoms with Gasteiger partial charge in [0.25, 0.3) is 0 Å². The Morgan fingerprint density at radius 3 is 0.942 bits per heavy atom. The highest BCUT2D eigenvalue weighted by atomic mass is 16.6. The molecule has 0 amide bonds. The van der Waals surface area contributed by atoms with E-state index in [1.165, 1.54) is 309 Å². The van der Waals surface area contributed by atoms with Gasteiger partial charge in [-0.05, 0) is 170 Å². The number of carbonyl (C=O) groups is 1. The van der Waals surface area contributed by atoms with Crippen molar-refractivity contribution < 1.29 is 38.7 Å². The van der Waals surface area contributed by atoms with Crippen LogP contribution in [0, 0.1) is 71.0 Å². The molecule has 2 fully saturated rings. The average Bonchev–Trinajstić information content (AvgIpc) is 1.19. The fourth-order valence-electron chi connectivity index (χ4n) is 21.2. The number of hydrogen-bond acceptors (Lipinski definition) is 8. The molecule has 2 aliphatic rings. The van der Waals surface area contributed by atoms with Crippen LogP contribution in [-0.2, 0) is 28.5 Å². The lowest BCUT2D eigenvalue weighted by atomic mass is 9.78. The summed E-state index contributed by atoms with van der Waals surface area (Å²) in [5, 5.41) is 25.3. The Hall–Kier alpha value is -0.770. The molecule has 0 aliphatic carbocycles. The highest BCUT2D eigenvalue weighted by molar-refractivity contribution is 5.66. The van der Waals surface area contributed by atoms with Crippen molar-refractivity contribution in [2.75, 3.05) is 6.61 Å². The Kier molecular flexibility index (Phi) is 65.6. The lowest BCUT2D eigenvalue weighted by Gasteiger charge is -2.53. The number of carbonyl (C=O) groups excluding carboxylic acids is 1. The van der Waals surface area contributed by atoms with Crippen LogP contribution in [0.4, 0.5) is 0 Å². The first-order chi connectivity index (χ1) is 57.0. The van der Waals surface area contributed by atoms with Crippen LogP contribution in [0.2, 0.25) is 0 Å². The highest BCUT2D eigenvalue weighted by Crippen LogP contribution is 2.48. The molecule has 0 aromatic carbocycles. The highest BCUT2D eigenvalue weighted by Gasteiger charge is 2.54. The molecule has 2 N–H and O–H groups in total. The predicted molar refractivity (Wildman–Crippen MR) is 525 cm³/mol. The van der Waals surface area contributed by atoms with Crippen LogP contribution in [-0.4, -0.2) is 81.3 Å². The Balaban J connectivity index is 2.48. The molecule has 2 heterocycles. The zero-order valence-electron chi connectivity index (χ0n) is 85.8. The zero-order valence-corrected chi connectivity index (χ0v) is 85.8. The number of esters is 1. The third kappa shape index (κ3) is 57.3. The smallest absolute Gasteiger partial charge is 0.303 e. The molecule has 0 bridgehead atoms. The van der Waals surface area contributed by atoms with Gasteiger partial charge in [0, 0.05) is 6.92 Å². The van der Waals surface area contributed by atoms with E-state index in [9.17, 15) is 15.0 Å². The number of ether oxygens (including phenoxy) is 5. The van der Waals surface area contributed by atoms with Crippen LogP contribution in [0.15, 0.2) is 0 Å². The van der Waals surface area contributed by atoms with E-state index in [1.54, 1.807) is 0 Å². The van der Waals surface area contributed by atoms with E-state index in [4.69, 9.17) is 23.7 Å². The quantitative estimate of drug-likeness (QED) is 0.0459. The van der Waals surface area contributed by atoms with Crippen molar-refractivity contribution in [1.82, 2.24) is 0 Å². The predicted octanol–water partition coefficient (Wildman–Crippen LogP) is 35.4. The number of rotatable bonds is 83. The van der Waals surface area contributed by atoms with E-state index in [1.807, 2.05) is 6.92 Å². The molecule has 0 saturated carbocycles. The molecular weight excluding hydrogens is 1470 g/mol. The minimum Gasteiger partial charge on any atom is -0.459 e. The summed E-state index contributed by atoms with van der Waals surface area (Å²) in [5.74, 6) is 8.44. The Morgan fingerprint density at radius 1 is 0.342 bits per heavy atom. The molecule has 2 saturated heterocycles. The van der Waals surface area contributed by atoms with Crippen LogP contribution >= 0.6 is 0 Å². The summed E-state index contributed by atoms with van der Waals surface area (Å²) in [6, 6.07) is 0. The summed E-state index contributed by atoms with van der Waals surface area (Å²) in [6.45, 7) is 53.7. The third-order valence-electron chi connectivity index (χ3n) is 30.2. The van der Waals surface area contributed by atoms with Crippen LogP contribution < -0.4 is 0 Å². The van der Waals surface area contributed by atoms with Crippen molar-refractivity contribution in [3.05, 3.63) is 0 Å². The molecule has 2 rings (SSSR count). The maximum Gasteiger partial charge on any atom is 0.303 e. The van der Waals surface area contributed by atoms with Crippen LogP contribution in [0.5, 0.6) is 0 Å². The van der Waals surface area contributed by atoms with Gasteiger partial charge in [0.05, 0.1) is 53.4 Å². The molecule has 0 aromatic heterocycles. The molecule has 0 spiro atoms. The normalized spacial score (nSPS) is 21.8. The molecule has 0 radical (unpaired) electrons. The van der Waals surface area contributed by atoms with Crippen molar-refractivity contribution in [2.24, 2.45) is 71.0 Å². The van der Waals surface area contributed by atoms with Gasteiger partial charge in [-0.15, -0.1) is 0 Å². The standard InChI is InChI=1S/C112H220O8/c1-24-25-26-27-28-29-30-31-32-33-34-35-36-37-38-39-40-41-42-43-44-45-46-47-80-103(117-102(18)113)109(20,115)89-116-105-82-84-107(119-110(105,21)86-57-77-99(15)73-53-69-95(11)65-49-61-91(4)5)112(23,88-59-79-101(17)75-55-71-97(13)67-51-63-93(8)9)120-111(22,87-58-78-100(16)74-54-70-96(12)66-50-62-92(6)7)106-83-81-104(118-106)108(19,114)85-56-76-98(14)72-52-68-94(10)64-48-60-90(2)3/h90-101,103-107,114-115H,24-89H2,1-23H3. The lowest BCUT2D eigenvalue weighted by Crippen LogP contribution is -2.60. The fraction of sp³-hybridized carbons (Fsp3) is 0.991. The SMILES string of the molecule is CCCCCCCCCCCCCCCCCCCCCCCCCCC(OC(C)=O)C(C)(O)COC1CCC(C(C)(CCCC(C)CCCC(C)CCCC(C)C)OC(C)(CCCC(C)CCCC(C)CCCC(C)C)C2CCC(C(C)(O)CCCC(C)CCCC(C)CCCC(C)C)O2)OC1(C)CCCC(C)CCCC(C)CCCC(C)C. The van der Waals surface area contributed by atoms with Crippen molar-refractivity contribution in [1.29, 1.82) is 0 Å². The maximum atomic E-state index is 13.0. The van der Waals surface area contributed by atoms with Gasteiger partial charge in [-0.3, -0.25) is 4.79 Å². The molecule has 0 aromatic rings. The first-order valence-electron chi connectivity index (χ1n) is 54.3. The molecule has 18 unspecified atom stereocenters. The summed E-state index contributed by atoms with van der Waals surface area (Å²) in [6.07, 6.45) is 78.7. The van der Waals surface area contributed by atoms with Crippen molar-refractivity contribution in [3.8, 4) is 0 Å². The summed E-state index contributed by atoms with van der Waals surface area (Å²) >= 11 is 0. The maximum absolute atomic E-state index is 13.0. The van der Waals surface area contributed by atoms with Gasteiger partial charge in [0.15, 0.2) is 0 Å². The summed E-state index contributed by atoms with van der Waals surface area (Å²) < 4.78 is 37.2. The lowest BCUT2D eigenvalue weighted by molar-refractivity contribution is -0.290. The van der Waals surface area contributed by atoms with Gasteiger partial charge in [0.2, 0.25) is 0 Å². The van der Waals surface area contributed by atoms with Gasteiger partial charge in [0.1, 0.15) is 11.7 Å². The van der Waals surface area contributed by atoms with Gasteiger partial charge in [-0.1, -0.05) is 471 Å². The molecule has 8 heteroatoms. The van der Waals surface area contributed by atoms with Crippen LogP contribution in [0.3, 0.4) is 0 Å². The second-order valence-corrected chi connectivity index (χ2v) is 45.9. The van der Waals surface area contributed by atoms with Crippen LogP contribution in [0.25, 0.3) is 0 Å². The molecule has 716 valence electrons. The van der Waals surface area contributed by atoms with E-state index >= 15 is 0 Å². The van der Waals surface area contributed by atoms with Gasteiger partial charge < -0.3 is 33.9 Å². The largest absolute Gasteiger partial charge is 0.459 e. The molecule has 120 heavy (non-hydrogen) atoms. The third-order valence-corrected chi connectivity index (χ3v) is 30.2. The van der Waals surface area contributed by atoms with E-state index in [2.05, 4.69) is 145 Å². The molecular formula is C112H220O8. The zero-order chi connectivity index (χ0) is 89.1. The topological polar surface area (TPSA) is 104 Å². The second-order valence-electron chi connectivity index (χ2n) is 45.9. The Labute approximate surface area is 753 Å². The monoisotopic (exact) mass is 1690 g/mol. The minimum atomic E-state index is -1.38. The van der Waals surface area contributed by atoms with E-state index in [0.29, 0.717) is 30.1 Å². The summed E-state index contributed by atoms with van der Waals surface area (Å²) in [7, 11) is 0. The number of hydrogen-bond donors (Lipinski definition) is 2. The van der Waals surface area contributed by atoms with E-state index in [0.717, 1.165) is 156 Å². The van der Waals surface area contributed by atoms with E-state index < -0.39 is 34.1 Å². The number of unbranched alkanes of at least 4 members (excludes halogenated alkanes) is 23. The fourth-order valence-corrected chi connectivity index (χ4v) is 21.2. The average molecular weight is 1690 g/mol. The Bertz CT molecular complexity index is 2330. The van der Waals surface area contributed by atoms with Crippen molar-refractivity contribution in [3.63, 3.8) is 0 Å². The first-order valence-corrected chi connectivity index (χ1v) is 54.3. The van der Waals surface area contributed by atoms with Gasteiger partial charge in [-0.25, -0.2) is 0 Å². The molecule has 8 nitrogen and oxygen atoms in total. The van der Waals surface area contributed by atoms with Crippen LogP contribution in [0.1, 0.15) is 577 Å². The summed E-state index contributed by atoms with van der Waals surface area (Å²) in [4.78, 5) is 13.0. The Morgan fingerprint density at radius 2 is 0.617 bits per heavy atom. The van der Waals surface area contributed by atoms with Gasteiger partial charge in [-0.2, -0.15) is 0 Å². The molecule has 18 atom stereocenters. The van der Waals surface area contributed by atoms with Gasteiger partial charge >= 0.3 is 5.97 Å². The minimum absolute atomic E-state index is 0.0711. The second kappa shape index (κ2) is 68.3.